The van der Waals surface area contributed by atoms with Gasteiger partial charge in [0.15, 0.2) is 0 Å². The number of aryl methyl sites for hydroxylation is 1. The number of pyridine rings is 1. The number of carbonyl (C=O) groups is 1. The molecule has 3 aromatic rings. The highest BCUT2D eigenvalue weighted by Gasteiger charge is 2.10. The molecule has 2 heterocycles. The summed E-state index contributed by atoms with van der Waals surface area (Å²) in [6.45, 7) is 2.78. The van der Waals surface area contributed by atoms with E-state index in [-0.39, 0.29) is 6.03 Å². The number of para-hydroxylation sites is 1. The third-order valence-electron chi connectivity index (χ3n) is 3.68. The minimum absolute atomic E-state index is 0.318. The number of nitrogens with one attached hydrogen (secondary N) is 3. The van der Waals surface area contributed by atoms with Crippen LogP contribution in [0.2, 0.25) is 0 Å². The first-order valence-electron chi connectivity index (χ1n) is 8.42. The predicted molar refractivity (Wildman–Crippen MR) is 103 cm³/mol. The first kappa shape index (κ1) is 17.9. The molecule has 0 radical (unpaired) electrons. The van der Waals surface area contributed by atoms with Crippen molar-refractivity contribution in [2.24, 2.45) is 0 Å². The molecule has 2 aromatic heterocycles. The van der Waals surface area contributed by atoms with Gasteiger partial charge < -0.3 is 10.6 Å². The summed E-state index contributed by atoms with van der Waals surface area (Å²) >= 11 is 0. The van der Waals surface area contributed by atoms with Gasteiger partial charge in [-0.25, -0.2) is 14.5 Å². The highest BCUT2D eigenvalue weighted by Crippen LogP contribution is 2.16. The van der Waals surface area contributed by atoms with E-state index in [1.165, 1.54) is 6.20 Å². The standard InChI is InChI=1S/C19H19N7O/c1-14-11-18(26(25-14)16-5-3-2-4-6-16)24-19(27)22-10-9-21-17-8-7-15(12-20)13-23-17/h2-8,11,13H,9-10H2,1H3,(H,21,23)(H2,22,24,27). The SMILES string of the molecule is Cc1cc(NC(=O)NCCNc2ccc(C#N)cn2)n(-c2ccccc2)n1. The van der Waals surface area contributed by atoms with E-state index >= 15 is 0 Å². The Morgan fingerprint density at radius 1 is 1.19 bits per heavy atom. The molecule has 27 heavy (non-hydrogen) atoms. The van der Waals surface area contributed by atoms with Crippen molar-refractivity contribution in [3.05, 3.63) is 66.0 Å². The molecule has 8 nitrogen and oxygen atoms in total. The number of aromatic nitrogens is 3. The maximum atomic E-state index is 12.2. The van der Waals surface area contributed by atoms with Crippen molar-refractivity contribution in [1.29, 1.82) is 5.26 Å². The van der Waals surface area contributed by atoms with Crippen molar-refractivity contribution in [3.8, 4) is 11.8 Å². The molecular formula is C19H19N7O. The molecule has 1 aromatic carbocycles. The molecule has 0 spiro atoms. The zero-order valence-corrected chi connectivity index (χ0v) is 14.8. The molecule has 0 fully saturated rings. The zero-order valence-electron chi connectivity index (χ0n) is 14.8. The first-order chi connectivity index (χ1) is 13.2. The number of hydrogen-bond donors (Lipinski definition) is 3. The number of nitriles is 1. The van der Waals surface area contributed by atoms with E-state index in [9.17, 15) is 4.79 Å². The van der Waals surface area contributed by atoms with Crippen LogP contribution in [0.25, 0.3) is 5.69 Å². The second-order valence-corrected chi connectivity index (χ2v) is 5.77. The molecule has 3 N–H and O–H groups in total. The van der Waals surface area contributed by atoms with Crippen LogP contribution < -0.4 is 16.0 Å². The third-order valence-corrected chi connectivity index (χ3v) is 3.68. The fourth-order valence-corrected chi connectivity index (χ4v) is 2.45. The first-order valence-corrected chi connectivity index (χ1v) is 8.42. The van der Waals surface area contributed by atoms with Crippen molar-refractivity contribution >= 4 is 17.7 Å². The molecule has 8 heteroatoms. The molecule has 0 aliphatic heterocycles. The Morgan fingerprint density at radius 2 is 2.00 bits per heavy atom. The van der Waals surface area contributed by atoms with E-state index in [2.05, 4.69) is 26.0 Å². The number of rotatable bonds is 6. The van der Waals surface area contributed by atoms with Gasteiger partial charge in [0.1, 0.15) is 17.7 Å². The van der Waals surface area contributed by atoms with Crippen LogP contribution in [0.3, 0.4) is 0 Å². The van der Waals surface area contributed by atoms with Crippen molar-refractivity contribution in [2.45, 2.75) is 6.92 Å². The molecule has 0 atom stereocenters. The highest BCUT2D eigenvalue weighted by molar-refractivity contribution is 5.88. The Hall–Kier alpha value is -3.86. The number of nitrogens with zero attached hydrogens (tertiary/aromatic N) is 4. The van der Waals surface area contributed by atoms with Crippen LogP contribution in [-0.2, 0) is 0 Å². The average molecular weight is 361 g/mol. The molecule has 0 unspecified atom stereocenters. The van der Waals surface area contributed by atoms with E-state index in [1.54, 1.807) is 16.8 Å². The molecular weight excluding hydrogens is 342 g/mol. The van der Waals surface area contributed by atoms with Crippen LogP contribution in [0.1, 0.15) is 11.3 Å². The zero-order chi connectivity index (χ0) is 19.1. The number of carbonyl (C=O) groups excluding carboxylic acids is 1. The average Bonchev–Trinajstić information content (AvgIpc) is 3.06. The van der Waals surface area contributed by atoms with Gasteiger partial charge in [0.05, 0.1) is 16.9 Å². The van der Waals surface area contributed by atoms with Crippen LogP contribution in [0.5, 0.6) is 0 Å². The summed E-state index contributed by atoms with van der Waals surface area (Å²) in [7, 11) is 0. The smallest absolute Gasteiger partial charge is 0.320 e. The van der Waals surface area contributed by atoms with Gasteiger partial charge in [-0.1, -0.05) is 18.2 Å². The topological polar surface area (TPSA) is 108 Å². The molecule has 0 bridgehead atoms. The van der Waals surface area contributed by atoms with E-state index in [4.69, 9.17) is 5.26 Å². The van der Waals surface area contributed by atoms with E-state index in [0.717, 1.165) is 11.4 Å². The minimum Gasteiger partial charge on any atom is -0.368 e. The Kier molecular flexibility index (Phi) is 5.64. The molecule has 136 valence electrons. The minimum atomic E-state index is -0.318. The number of amides is 2. The summed E-state index contributed by atoms with van der Waals surface area (Å²) in [5.41, 5.74) is 2.18. The lowest BCUT2D eigenvalue weighted by molar-refractivity contribution is 0.252. The fourth-order valence-electron chi connectivity index (χ4n) is 2.45. The van der Waals surface area contributed by atoms with Crippen LogP contribution in [0.15, 0.2) is 54.7 Å². The highest BCUT2D eigenvalue weighted by atomic mass is 16.2. The molecule has 2 amide bonds. The van der Waals surface area contributed by atoms with E-state index in [0.29, 0.717) is 30.3 Å². The Bertz CT molecular complexity index is 942. The number of hydrogen-bond acceptors (Lipinski definition) is 5. The normalized spacial score (nSPS) is 10.1. The Labute approximate surface area is 156 Å². The monoisotopic (exact) mass is 361 g/mol. The lowest BCUT2D eigenvalue weighted by Crippen LogP contribution is -2.33. The van der Waals surface area contributed by atoms with Crippen molar-refractivity contribution in [1.82, 2.24) is 20.1 Å². The van der Waals surface area contributed by atoms with E-state index < -0.39 is 0 Å². The van der Waals surface area contributed by atoms with E-state index in [1.807, 2.05) is 49.4 Å². The van der Waals surface area contributed by atoms with Gasteiger partial charge >= 0.3 is 6.03 Å². The van der Waals surface area contributed by atoms with Gasteiger partial charge in [-0.05, 0) is 31.2 Å². The van der Waals surface area contributed by atoms with Crippen LogP contribution in [0.4, 0.5) is 16.4 Å². The third kappa shape index (κ3) is 4.83. The summed E-state index contributed by atoms with van der Waals surface area (Å²) in [6.07, 6.45) is 1.50. The quantitative estimate of drug-likeness (QED) is 0.585. The van der Waals surface area contributed by atoms with Crippen molar-refractivity contribution < 1.29 is 4.79 Å². The van der Waals surface area contributed by atoms with Crippen LogP contribution >= 0.6 is 0 Å². The van der Waals surface area contributed by atoms with Gasteiger partial charge in [-0.2, -0.15) is 10.4 Å². The summed E-state index contributed by atoms with van der Waals surface area (Å²) in [5.74, 6) is 1.24. The van der Waals surface area contributed by atoms with Gasteiger partial charge in [0, 0.05) is 25.4 Å². The summed E-state index contributed by atoms with van der Waals surface area (Å²) in [6, 6.07) is 16.5. The van der Waals surface area contributed by atoms with Gasteiger partial charge in [-0.15, -0.1) is 0 Å². The van der Waals surface area contributed by atoms with Crippen LogP contribution in [0, 0.1) is 18.3 Å². The second kappa shape index (κ2) is 8.49. The predicted octanol–water partition coefficient (Wildman–Crippen LogP) is 2.68. The molecule has 0 aliphatic carbocycles. The van der Waals surface area contributed by atoms with Crippen molar-refractivity contribution in [3.63, 3.8) is 0 Å². The number of urea groups is 1. The fraction of sp³-hybridized carbons (Fsp3) is 0.158. The number of benzene rings is 1. The molecule has 0 saturated heterocycles. The summed E-state index contributed by atoms with van der Waals surface area (Å²) < 4.78 is 1.69. The largest absolute Gasteiger partial charge is 0.368 e. The van der Waals surface area contributed by atoms with Gasteiger partial charge in [0.2, 0.25) is 0 Å². The molecule has 0 saturated carbocycles. The van der Waals surface area contributed by atoms with Crippen molar-refractivity contribution in [2.75, 3.05) is 23.7 Å². The van der Waals surface area contributed by atoms with Gasteiger partial charge in [0.25, 0.3) is 0 Å². The molecule has 3 rings (SSSR count). The Balaban J connectivity index is 1.50. The summed E-state index contributed by atoms with van der Waals surface area (Å²) in [4.78, 5) is 16.3. The summed E-state index contributed by atoms with van der Waals surface area (Å²) in [5, 5.41) is 21.8. The maximum Gasteiger partial charge on any atom is 0.320 e. The lowest BCUT2D eigenvalue weighted by Gasteiger charge is -2.10. The second-order valence-electron chi connectivity index (χ2n) is 5.77. The number of anilines is 2. The Morgan fingerprint density at radius 3 is 2.70 bits per heavy atom. The van der Waals surface area contributed by atoms with Gasteiger partial charge in [-0.3, -0.25) is 5.32 Å². The molecule has 0 aliphatic rings. The maximum absolute atomic E-state index is 12.2. The van der Waals surface area contributed by atoms with Crippen LogP contribution in [-0.4, -0.2) is 33.9 Å². The lowest BCUT2D eigenvalue weighted by atomic mass is 10.3.